The molecule has 3 aromatic carbocycles. The Balaban J connectivity index is 1.67. The van der Waals surface area contributed by atoms with Crippen molar-refractivity contribution in [3.05, 3.63) is 89.0 Å². The molecule has 0 atom stereocenters. The Morgan fingerprint density at radius 2 is 1.62 bits per heavy atom. The van der Waals surface area contributed by atoms with Gasteiger partial charge in [-0.25, -0.2) is 8.78 Å². The maximum Gasteiger partial charge on any atom is 0.262 e. The Bertz CT molecular complexity index is 1060. The molecule has 0 saturated heterocycles. The van der Waals surface area contributed by atoms with Gasteiger partial charge in [-0.05, 0) is 42.5 Å². The molecular formula is C21H15ClF2N2O3. The van der Waals surface area contributed by atoms with Crippen LogP contribution in [0.25, 0.3) is 0 Å². The van der Waals surface area contributed by atoms with E-state index in [-0.39, 0.29) is 27.7 Å². The number of anilines is 2. The van der Waals surface area contributed by atoms with Gasteiger partial charge in [0.05, 0.1) is 22.0 Å². The highest BCUT2D eigenvalue weighted by Gasteiger charge is 2.15. The zero-order chi connectivity index (χ0) is 20.8. The third-order valence-electron chi connectivity index (χ3n) is 3.82. The number of halogens is 3. The standard InChI is InChI=1S/C21H15ClF2N2O3/c22-15-11-13(23)9-10-17(15)26-21(28)14-5-1-4-8-19(14)29-12-20(27)25-18-7-3-2-6-16(18)24/h1-11H,12H2,(H,25,27)(H,26,28). The van der Waals surface area contributed by atoms with Gasteiger partial charge in [0.1, 0.15) is 17.4 Å². The minimum Gasteiger partial charge on any atom is -0.483 e. The zero-order valence-electron chi connectivity index (χ0n) is 14.9. The summed E-state index contributed by atoms with van der Waals surface area (Å²) in [5, 5.41) is 4.99. The molecule has 0 saturated carbocycles. The van der Waals surface area contributed by atoms with Gasteiger partial charge in [0.25, 0.3) is 11.8 Å². The number of ether oxygens (including phenoxy) is 1. The predicted molar refractivity (Wildman–Crippen MR) is 106 cm³/mol. The van der Waals surface area contributed by atoms with Gasteiger partial charge in [0.2, 0.25) is 0 Å². The third-order valence-corrected chi connectivity index (χ3v) is 4.13. The highest BCUT2D eigenvalue weighted by atomic mass is 35.5. The first-order valence-corrected chi connectivity index (χ1v) is 8.84. The number of nitrogens with one attached hydrogen (secondary N) is 2. The van der Waals surface area contributed by atoms with Crippen molar-refractivity contribution in [3.63, 3.8) is 0 Å². The van der Waals surface area contributed by atoms with Crippen molar-refractivity contribution in [1.29, 1.82) is 0 Å². The first-order chi connectivity index (χ1) is 13.9. The lowest BCUT2D eigenvalue weighted by Crippen LogP contribution is -2.22. The van der Waals surface area contributed by atoms with E-state index in [9.17, 15) is 18.4 Å². The van der Waals surface area contributed by atoms with E-state index in [1.165, 1.54) is 36.4 Å². The molecule has 3 rings (SSSR count). The average molecular weight is 417 g/mol. The van der Waals surface area contributed by atoms with Gasteiger partial charge in [-0.15, -0.1) is 0 Å². The van der Waals surface area contributed by atoms with Crippen LogP contribution in [0.2, 0.25) is 5.02 Å². The highest BCUT2D eigenvalue weighted by Crippen LogP contribution is 2.25. The van der Waals surface area contributed by atoms with E-state index < -0.39 is 30.1 Å². The van der Waals surface area contributed by atoms with Crippen LogP contribution >= 0.6 is 11.6 Å². The average Bonchev–Trinajstić information content (AvgIpc) is 2.70. The van der Waals surface area contributed by atoms with Crippen LogP contribution in [0.15, 0.2) is 66.7 Å². The SMILES string of the molecule is O=C(COc1ccccc1C(=O)Nc1ccc(F)cc1Cl)Nc1ccccc1F. The van der Waals surface area contributed by atoms with E-state index in [2.05, 4.69) is 10.6 Å². The summed E-state index contributed by atoms with van der Waals surface area (Å²) >= 11 is 5.92. The fourth-order valence-corrected chi connectivity index (χ4v) is 2.67. The van der Waals surface area contributed by atoms with Crippen molar-refractivity contribution in [2.75, 3.05) is 17.2 Å². The van der Waals surface area contributed by atoms with Crippen LogP contribution in [0.3, 0.4) is 0 Å². The van der Waals surface area contributed by atoms with Gasteiger partial charge in [0.15, 0.2) is 6.61 Å². The summed E-state index contributed by atoms with van der Waals surface area (Å²) in [6.45, 7) is -0.435. The van der Waals surface area contributed by atoms with Crippen LogP contribution in [0.4, 0.5) is 20.2 Å². The number of hydrogen-bond acceptors (Lipinski definition) is 3. The minimum absolute atomic E-state index is 0.0260. The third kappa shape index (κ3) is 5.30. The maximum absolute atomic E-state index is 13.6. The summed E-state index contributed by atoms with van der Waals surface area (Å²) in [5.41, 5.74) is 0.398. The van der Waals surface area contributed by atoms with Crippen LogP contribution in [0.1, 0.15) is 10.4 Å². The summed E-state index contributed by atoms with van der Waals surface area (Å²) < 4.78 is 32.2. The lowest BCUT2D eigenvalue weighted by atomic mass is 10.2. The van der Waals surface area contributed by atoms with Gasteiger partial charge in [-0.1, -0.05) is 35.9 Å². The number of hydrogen-bond donors (Lipinski definition) is 2. The number of carbonyl (C=O) groups is 2. The van der Waals surface area contributed by atoms with Gasteiger partial charge in [-0.3, -0.25) is 9.59 Å². The molecule has 0 aliphatic heterocycles. The number of rotatable bonds is 6. The number of amides is 2. The number of para-hydroxylation sites is 2. The largest absolute Gasteiger partial charge is 0.483 e. The van der Waals surface area contributed by atoms with Crippen molar-refractivity contribution >= 4 is 34.8 Å². The normalized spacial score (nSPS) is 10.3. The Morgan fingerprint density at radius 3 is 2.38 bits per heavy atom. The predicted octanol–water partition coefficient (Wildman–Crippen LogP) is 4.89. The van der Waals surface area contributed by atoms with Crippen LogP contribution < -0.4 is 15.4 Å². The van der Waals surface area contributed by atoms with Gasteiger partial charge in [-0.2, -0.15) is 0 Å². The van der Waals surface area contributed by atoms with Crippen molar-refractivity contribution in [1.82, 2.24) is 0 Å². The summed E-state index contributed by atoms with van der Waals surface area (Å²) in [4.78, 5) is 24.6. The van der Waals surface area contributed by atoms with E-state index in [1.807, 2.05) is 0 Å². The van der Waals surface area contributed by atoms with Gasteiger partial charge in [0, 0.05) is 0 Å². The smallest absolute Gasteiger partial charge is 0.262 e. The van der Waals surface area contributed by atoms with Crippen LogP contribution in [0, 0.1) is 11.6 Å². The summed E-state index contributed by atoms with van der Waals surface area (Å²) in [6.07, 6.45) is 0. The second kappa shape index (κ2) is 9.16. The molecule has 2 N–H and O–H groups in total. The minimum atomic E-state index is -0.591. The first kappa shape index (κ1) is 20.3. The lowest BCUT2D eigenvalue weighted by Gasteiger charge is -2.12. The molecule has 0 bridgehead atoms. The molecule has 29 heavy (non-hydrogen) atoms. The zero-order valence-corrected chi connectivity index (χ0v) is 15.7. The van der Waals surface area contributed by atoms with Crippen LogP contribution in [0.5, 0.6) is 5.75 Å². The van der Waals surface area contributed by atoms with Crippen LogP contribution in [-0.2, 0) is 4.79 Å². The Kier molecular flexibility index (Phi) is 6.41. The Hall–Kier alpha value is -3.45. The molecule has 0 fully saturated rings. The summed E-state index contributed by atoms with van der Waals surface area (Å²) in [5.74, 6) is -2.10. The second-order valence-electron chi connectivity index (χ2n) is 5.89. The Labute approximate surface area is 170 Å². The lowest BCUT2D eigenvalue weighted by molar-refractivity contribution is -0.118. The molecule has 5 nitrogen and oxygen atoms in total. The number of benzene rings is 3. The first-order valence-electron chi connectivity index (χ1n) is 8.46. The molecule has 0 spiro atoms. The van der Waals surface area contributed by atoms with E-state index in [0.717, 1.165) is 12.1 Å². The number of carbonyl (C=O) groups excluding carboxylic acids is 2. The molecular weight excluding hydrogens is 402 g/mol. The molecule has 2 amide bonds. The fraction of sp³-hybridized carbons (Fsp3) is 0.0476. The summed E-state index contributed by atoms with van der Waals surface area (Å²) in [7, 11) is 0. The van der Waals surface area contributed by atoms with E-state index >= 15 is 0 Å². The van der Waals surface area contributed by atoms with E-state index in [0.29, 0.717) is 0 Å². The molecule has 0 unspecified atom stereocenters. The molecule has 148 valence electrons. The monoisotopic (exact) mass is 416 g/mol. The summed E-state index contributed by atoms with van der Waals surface area (Å²) in [6, 6.07) is 15.6. The fourth-order valence-electron chi connectivity index (χ4n) is 2.45. The van der Waals surface area contributed by atoms with Crippen molar-refractivity contribution in [3.8, 4) is 5.75 Å². The molecule has 0 heterocycles. The van der Waals surface area contributed by atoms with Crippen molar-refractivity contribution in [2.45, 2.75) is 0 Å². The maximum atomic E-state index is 13.6. The van der Waals surface area contributed by atoms with E-state index in [4.69, 9.17) is 16.3 Å². The Morgan fingerprint density at radius 1 is 0.897 bits per heavy atom. The topological polar surface area (TPSA) is 67.4 Å². The van der Waals surface area contributed by atoms with E-state index in [1.54, 1.807) is 18.2 Å². The molecule has 0 aromatic heterocycles. The quantitative estimate of drug-likeness (QED) is 0.601. The molecule has 8 heteroatoms. The molecule has 0 aliphatic carbocycles. The van der Waals surface area contributed by atoms with Crippen molar-refractivity contribution < 1.29 is 23.1 Å². The second-order valence-corrected chi connectivity index (χ2v) is 6.30. The molecule has 0 aliphatic rings. The van der Waals surface area contributed by atoms with Gasteiger partial charge < -0.3 is 15.4 Å². The van der Waals surface area contributed by atoms with Crippen LogP contribution in [-0.4, -0.2) is 18.4 Å². The van der Waals surface area contributed by atoms with Gasteiger partial charge >= 0.3 is 0 Å². The van der Waals surface area contributed by atoms with Crippen molar-refractivity contribution in [2.24, 2.45) is 0 Å². The molecule has 0 radical (unpaired) electrons. The molecule has 3 aromatic rings. The highest BCUT2D eigenvalue weighted by molar-refractivity contribution is 6.34.